The molecular formula is C21H25N3O3. The zero-order valence-corrected chi connectivity index (χ0v) is 16.4. The zero-order valence-electron chi connectivity index (χ0n) is 16.4. The SMILES string of the molecule is CCCN1c2cc(C)c(C=C3C(=O)NC(=O)NC3=O)cc2C(C)=CC1(C)C. The minimum atomic E-state index is -0.791. The molecule has 0 spiro atoms. The van der Waals surface area contributed by atoms with Crippen molar-refractivity contribution >= 4 is 35.2 Å². The van der Waals surface area contributed by atoms with Crippen LogP contribution in [0.15, 0.2) is 23.8 Å². The Morgan fingerprint density at radius 2 is 1.70 bits per heavy atom. The van der Waals surface area contributed by atoms with E-state index in [1.54, 1.807) is 6.08 Å². The number of fused-ring (bicyclic) bond motifs is 1. The summed E-state index contributed by atoms with van der Waals surface area (Å²) in [6, 6.07) is 3.33. The number of hydrogen-bond donors (Lipinski definition) is 2. The van der Waals surface area contributed by atoms with Crippen LogP contribution in [0, 0.1) is 6.92 Å². The van der Waals surface area contributed by atoms with Crippen molar-refractivity contribution in [3.63, 3.8) is 0 Å². The van der Waals surface area contributed by atoms with Gasteiger partial charge in [0, 0.05) is 17.8 Å². The molecule has 0 radical (unpaired) electrons. The topological polar surface area (TPSA) is 78.5 Å². The number of carbonyl (C=O) groups is 3. The first-order chi connectivity index (χ1) is 12.6. The fourth-order valence-corrected chi connectivity index (χ4v) is 3.79. The molecule has 0 bridgehead atoms. The molecule has 1 saturated heterocycles. The molecule has 27 heavy (non-hydrogen) atoms. The molecule has 0 aromatic heterocycles. The molecule has 2 aliphatic rings. The van der Waals surface area contributed by atoms with Gasteiger partial charge in [-0.3, -0.25) is 20.2 Å². The van der Waals surface area contributed by atoms with E-state index >= 15 is 0 Å². The maximum absolute atomic E-state index is 12.0. The van der Waals surface area contributed by atoms with E-state index in [2.05, 4.69) is 55.4 Å². The number of barbiturate groups is 1. The molecule has 2 N–H and O–H groups in total. The molecule has 2 aliphatic heterocycles. The molecule has 4 amide bonds. The van der Waals surface area contributed by atoms with E-state index in [9.17, 15) is 14.4 Å². The van der Waals surface area contributed by atoms with Crippen molar-refractivity contribution in [1.29, 1.82) is 0 Å². The first-order valence-electron chi connectivity index (χ1n) is 9.14. The highest BCUT2D eigenvalue weighted by Crippen LogP contribution is 2.40. The second-order valence-electron chi connectivity index (χ2n) is 7.65. The summed E-state index contributed by atoms with van der Waals surface area (Å²) in [7, 11) is 0. The van der Waals surface area contributed by atoms with E-state index in [1.165, 1.54) is 0 Å². The molecule has 3 rings (SSSR count). The molecule has 2 heterocycles. The largest absolute Gasteiger partial charge is 0.362 e. The number of nitrogens with one attached hydrogen (secondary N) is 2. The van der Waals surface area contributed by atoms with Crippen LogP contribution in [-0.2, 0) is 9.59 Å². The Morgan fingerprint density at radius 1 is 1.07 bits per heavy atom. The molecule has 6 nitrogen and oxygen atoms in total. The standard InChI is InChI=1S/C21H25N3O3/c1-6-7-24-17-8-12(2)14(9-15(17)13(3)11-21(24,4)5)10-16-18(25)22-20(27)23-19(16)26/h8-11H,6-7H2,1-5H3,(H2,22,23,25,26,27). The number of rotatable bonds is 3. The lowest BCUT2D eigenvalue weighted by atomic mass is 9.86. The summed E-state index contributed by atoms with van der Waals surface area (Å²) in [5.74, 6) is -1.36. The minimum absolute atomic E-state index is 0.0687. The zero-order chi connectivity index (χ0) is 19.9. The number of nitrogens with zero attached hydrogens (tertiary/aromatic N) is 1. The maximum Gasteiger partial charge on any atom is 0.328 e. The number of allylic oxidation sites excluding steroid dienone is 1. The highest BCUT2D eigenvalue weighted by molar-refractivity contribution is 6.31. The summed E-state index contributed by atoms with van der Waals surface area (Å²) >= 11 is 0. The molecule has 0 saturated carbocycles. The van der Waals surface area contributed by atoms with Crippen LogP contribution in [0.4, 0.5) is 10.5 Å². The monoisotopic (exact) mass is 367 g/mol. The molecular weight excluding hydrogens is 342 g/mol. The number of benzene rings is 1. The summed E-state index contributed by atoms with van der Waals surface area (Å²) in [5, 5.41) is 4.21. The van der Waals surface area contributed by atoms with E-state index in [-0.39, 0.29) is 11.1 Å². The lowest BCUT2D eigenvalue weighted by Crippen LogP contribution is -2.51. The van der Waals surface area contributed by atoms with Gasteiger partial charge in [-0.25, -0.2) is 4.79 Å². The molecule has 0 unspecified atom stereocenters. The third kappa shape index (κ3) is 3.39. The van der Waals surface area contributed by atoms with Gasteiger partial charge in [0.05, 0.1) is 5.54 Å². The summed E-state index contributed by atoms with van der Waals surface area (Å²) in [6.45, 7) is 11.5. The van der Waals surface area contributed by atoms with E-state index in [0.717, 1.165) is 40.9 Å². The Morgan fingerprint density at radius 3 is 2.30 bits per heavy atom. The van der Waals surface area contributed by atoms with E-state index in [4.69, 9.17) is 0 Å². The Bertz CT molecular complexity index is 887. The first kappa shape index (κ1) is 18.9. The van der Waals surface area contributed by atoms with Crippen LogP contribution in [-0.4, -0.2) is 29.9 Å². The highest BCUT2D eigenvalue weighted by Gasteiger charge is 2.32. The number of urea groups is 1. The van der Waals surface area contributed by atoms with Gasteiger partial charge in [-0.2, -0.15) is 0 Å². The summed E-state index contributed by atoms with van der Waals surface area (Å²) in [4.78, 5) is 37.7. The van der Waals surface area contributed by atoms with Crippen molar-refractivity contribution in [2.45, 2.75) is 46.6 Å². The van der Waals surface area contributed by atoms with Gasteiger partial charge in [0.25, 0.3) is 11.8 Å². The van der Waals surface area contributed by atoms with Crippen molar-refractivity contribution in [3.05, 3.63) is 40.5 Å². The first-order valence-corrected chi connectivity index (χ1v) is 9.14. The quantitative estimate of drug-likeness (QED) is 0.635. The average Bonchev–Trinajstić information content (AvgIpc) is 2.55. The van der Waals surface area contributed by atoms with Gasteiger partial charge in [-0.1, -0.05) is 13.0 Å². The third-order valence-electron chi connectivity index (χ3n) is 5.06. The fourth-order valence-electron chi connectivity index (χ4n) is 3.79. The van der Waals surface area contributed by atoms with Crippen molar-refractivity contribution in [1.82, 2.24) is 10.6 Å². The average molecular weight is 367 g/mol. The number of carbonyl (C=O) groups excluding carboxylic acids is 3. The van der Waals surface area contributed by atoms with Crippen molar-refractivity contribution in [3.8, 4) is 0 Å². The minimum Gasteiger partial charge on any atom is -0.362 e. The maximum atomic E-state index is 12.0. The van der Waals surface area contributed by atoms with Crippen LogP contribution in [0.5, 0.6) is 0 Å². The third-order valence-corrected chi connectivity index (χ3v) is 5.06. The molecule has 6 heteroatoms. The smallest absolute Gasteiger partial charge is 0.328 e. The Hall–Kier alpha value is -2.89. The van der Waals surface area contributed by atoms with Crippen LogP contribution in [0.2, 0.25) is 0 Å². The summed E-state index contributed by atoms with van der Waals surface area (Å²) in [6.07, 6.45) is 4.83. The predicted molar refractivity (Wildman–Crippen MR) is 106 cm³/mol. The van der Waals surface area contributed by atoms with Crippen molar-refractivity contribution < 1.29 is 14.4 Å². The molecule has 1 aromatic rings. The van der Waals surface area contributed by atoms with Crippen LogP contribution < -0.4 is 15.5 Å². The van der Waals surface area contributed by atoms with E-state index in [1.807, 2.05) is 13.0 Å². The fraction of sp³-hybridized carbons (Fsp3) is 0.381. The summed E-state index contributed by atoms with van der Waals surface area (Å²) in [5.41, 5.74) is 5.01. The predicted octanol–water partition coefficient (Wildman–Crippen LogP) is 3.16. The Kier molecular flexibility index (Phi) is 4.68. The number of amides is 4. The Labute approximate surface area is 159 Å². The van der Waals surface area contributed by atoms with Gasteiger partial charge in [0.15, 0.2) is 0 Å². The number of hydrogen-bond acceptors (Lipinski definition) is 4. The second kappa shape index (κ2) is 6.68. The van der Waals surface area contributed by atoms with E-state index < -0.39 is 17.8 Å². The molecule has 1 fully saturated rings. The van der Waals surface area contributed by atoms with Crippen LogP contribution in [0.1, 0.15) is 50.8 Å². The van der Waals surface area contributed by atoms with E-state index in [0.29, 0.717) is 0 Å². The lowest BCUT2D eigenvalue weighted by molar-refractivity contribution is -0.123. The number of imide groups is 2. The van der Waals surface area contributed by atoms with Crippen molar-refractivity contribution in [2.75, 3.05) is 11.4 Å². The molecule has 142 valence electrons. The van der Waals surface area contributed by atoms with Gasteiger partial charge >= 0.3 is 6.03 Å². The highest BCUT2D eigenvalue weighted by atomic mass is 16.2. The van der Waals surface area contributed by atoms with Crippen LogP contribution >= 0.6 is 0 Å². The summed E-state index contributed by atoms with van der Waals surface area (Å²) < 4.78 is 0. The number of aryl methyl sites for hydroxylation is 1. The molecule has 0 aliphatic carbocycles. The molecule has 1 aromatic carbocycles. The van der Waals surface area contributed by atoms with Gasteiger partial charge in [0.1, 0.15) is 5.57 Å². The van der Waals surface area contributed by atoms with Crippen molar-refractivity contribution in [2.24, 2.45) is 0 Å². The normalized spacial score (nSPS) is 18.6. The van der Waals surface area contributed by atoms with Gasteiger partial charge < -0.3 is 4.90 Å². The van der Waals surface area contributed by atoms with Gasteiger partial charge in [-0.05, 0) is 69.0 Å². The molecule has 0 atom stereocenters. The van der Waals surface area contributed by atoms with Gasteiger partial charge in [-0.15, -0.1) is 0 Å². The second-order valence-corrected chi connectivity index (χ2v) is 7.65. The van der Waals surface area contributed by atoms with Crippen LogP contribution in [0.3, 0.4) is 0 Å². The Balaban J connectivity index is 2.11. The number of anilines is 1. The lowest BCUT2D eigenvalue weighted by Gasteiger charge is -2.43. The van der Waals surface area contributed by atoms with Gasteiger partial charge in [0.2, 0.25) is 0 Å². The van der Waals surface area contributed by atoms with Crippen LogP contribution in [0.25, 0.3) is 11.6 Å².